The van der Waals surface area contributed by atoms with E-state index in [4.69, 9.17) is 4.74 Å². The number of aromatic nitrogens is 4. The Morgan fingerprint density at radius 1 is 1.13 bits per heavy atom. The van der Waals surface area contributed by atoms with Crippen LogP contribution in [0.4, 0.5) is 4.39 Å². The molecule has 2 aromatic carbocycles. The molecule has 0 unspecified atom stereocenters. The zero-order chi connectivity index (χ0) is 27.2. The molecule has 0 aliphatic heterocycles. The molecule has 11 heteroatoms. The molecule has 1 aliphatic rings. The van der Waals surface area contributed by atoms with Gasteiger partial charge in [0.2, 0.25) is 17.6 Å². The molecule has 4 aromatic rings. The predicted molar refractivity (Wildman–Crippen MR) is 144 cm³/mol. The minimum atomic E-state index is -0.854. The van der Waals surface area contributed by atoms with Crippen LogP contribution in [-0.2, 0) is 22.7 Å². The van der Waals surface area contributed by atoms with E-state index in [1.165, 1.54) is 33.2 Å². The number of halogens is 1. The Kier molecular flexibility index (Phi) is 8.26. The summed E-state index contributed by atoms with van der Waals surface area (Å²) < 4.78 is 18.8. The summed E-state index contributed by atoms with van der Waals surface area (Å²) in [6, 6.07) is 16.1. The van der Waals surface area contributed by atoms with Crippen LogP contribution < -0.4 is 10.1 Å². The molecule has 5 rings (SSSR count). The lowest BCUT2D eigenvalue weighted by atomic mass is 10.1. The van der Waals surface area contributed by atoms with Gasteiger partial charge in [0, 0.05) is 23.0 Å². The van der Waals surface area contributed by atoms with Crippen molar-refractivity contribution < 1.29 is 18.7 Å². The van der Waals surface area contributed by atoms with Gasteiger partial charge in [-0.25, -0.2) is 4.39 Å². The average Bonchev–Trinajstić information content (AvgIpc) is 3.74. The van der Waals surface area contributed by atoms with Crippen molar-refractivity contribution >= 4 is 23.2 Å². The smallest absolute Gasteiger partial charge is 0.248 e. The lowest BCUT2D eigenvalue weighted by molar-refractivity contribution is -0.142. The molecule has 1 saturated carbocycles. The van der Waals surface area contributed by atoms with E-state index >= 15 is 0 Å². The number of nitrogens with one attached hydrogen (secondary N) is 1. The molecule has 0 bridgehead atoms. The predicted octanol–water partition coefficient (Wildman–Crippen LogP) is 4.38. The molecular weight excluding hydrogens is 519 g/mol. The molecule has 9 nitrogen and oxygen atoms in total. The summed E-state index contributed by atoms with van der Waals surface area (Å²) in [5.74, 6) is 0.101. The molecule has 0 spiro atoms. The number of methoxy groups -OCH3 is 1. The number of amides is 2. The Bertz CT molecular complexity index is 1390. The molecule has 1 N–H and O–H groups in total. The first-order valence-corrected chi connectivity index (χ1v) is 13.7. The summed E-state index contributed by atoms with van der Waals surface area (Å²) in [4.78, 5) is 31.0. The van der Waals surface area contributed by atoms with Gasteiger partial charge in [-0.2, -0.15) is 4.80 Å². The van der Waals surface area contributed by atoms with E-state index in [9.17, 15) is 14.0 Å². The number of carbonyl (C=O) groups excluding carboxylic acids is 2. The highest BCUT2D eigenvalue weighted by Crippen LogP contribution is 2.29. The number of nitrogens with zero attached hydrogens (tertiary/aromatic N) is 5. The van der Waals surface area contributed by atoms with E-state index in [0.717, 1.165) is 36.1 Å². The Morgan fingerprint density at radius 2 is 1.87 bits per heavy atom. The van der Waals surface area contributed by atoms with Gasteiger partial charge in [-0.15, -0.1) is 21.5 Å². The summed E-state index contributed by atoms with van der Waals surface area (Å²) in [6.07, 6.45) is 3.99. The van der Waals surface area contributed by atoms with Crippen molar-refractivity contribution in [1.29, 1.82) is 0 Å². The van der Waals surface area contributed by atoms with Gasteiger partial charge >= 0.3 is 0 Å². The Balaban J connectivity index is 1.42. The van der Waals surface area contributed by atoms with Crippen LogP contribution in [0.1, 0.15) is 42.2 Å². The van der Waals surface area contributed by atoms with Crippen molar-refractivity contribution in [2.75, 3.05) is 7.11 Å². The van der Waals surface area contributed by atoms with E-state index in [-0.39, 0.29) is 36.8 Å². The van der Waals surface area contributed by atoms with Gasteiger partial charge < -0.3 is 15.0 Å². The molecule has 2 aromatic heterocycles. The number of carbonyl (C=O) groups is 2. The van der Waals surface area contributed by atoms with Gasteiger partial charge in [-0.1, -0.05) is 31.0 Å². The molecule has 1 atom stereocenters. The van der Waals surface area contributed by atoms with Crippen molar-refractivity contribution in [3.05, 3.63) is 82.3 Å². The van der Waals surface area contributed by atoms with Gasteiger partial charge in [0.25, 0.3) is 0 Å². The SMILES string of the molecule is COc1ccc(-c2nnn(CC(=O)N(Cc3ccc(F)cc3)[C@H](C(=O)NC3CCCC3)c3cccs3)n2)cc1. The van der Waals surface area contributed by atoms with Crippen LogP contribution in [0, 0.1) is 5.82 Å². The first kappa shape index (κ1) is 26.5. The van der Waals surface area contributed by atoms with Crippen molar-refractivity contribution in [1.82, 2.24) is 30.4 Å². The number of tetrazole rings is 1. The zero-order valence-corrected chi connectivity index (χ0v) is 22.3. The molecule has 0 saturated heterocycles. The second kappa shape index (κ2) is 12.2. The maximum Gasteiger partial charge on any atom is 0.248 e. The van der Waals surface area contributed by atoms with Crippen LogP contribution >= 0.6 is 11.3 Å². The monoisotopic (exact) mass is 548 g/mol. The van der Waals surface area contributed by atoms with E-state index in [0.29, 0.717) is 17.1 Å². The molecule has 0 radical (unpaired) electrons. The third-order valence-electron chi connectivity index (χ3n) is 6.74. The summed E-state index contributed by atoms with van der Waals surface area (Å²) in [7, 11) is 1.59. The number of ether oxygens (including phenoxy) is 1. The Labute approximate surface area is 229 Å². The number of benzene rings is 2. The molecule has 1 fully saturated rings. The Morgan fingerprint density at radius 3 is 2.54 bits per heavy atom. The summed E-state index contributed by atoms with van der Waals surface area (Å²) >= 11 is 1.41. The molecular formula is C28H29FN6O3S. The third-order valence-corrected chi connectivity index (χ3v) is 7.66. The lowest BCUT2D eigenvalue weighted by Crippen LogP contribution is -2.46. The molecule has 202 valence electrons. The normalized spacial score (nSPS) is 14.2. The topological polar surface area (TPSA) is 102 Å². The fraction of sp³-hybridized carbons (Fsp3) is 0.321. The first-order chi connectivity index (χ1) is 19.0. The minimum Gasteiger partial charge on any atom is -0.497 e. The molecule has 2 heterocycles. The Hall–Kier alpha value is -4.12. The molecule has 2 amide bonds. The van der Waals surface area contributed by atoms with Crippen LogP contribution in [0.3, 0.4) is 0 Å². The van der Waals surface area contributed by atoms with Gasteiger partial charge in [0.1, 0.15) is 24.2 Å². The fourth-order valence-corrected chi connectivity index (χ4v) is 5.54. The second-order valence-electron chi connectivity index (χ2n) is 9.43. The third kappa shape index (κ3) is 6.48. The average molecular weight is 549 g/mol. The van der Waals surface area contributed by atoms with E-state index in [1.807, 2.05) is 29.6 Å². The number of thiophene rings is 1. The van der Waals surface area contributed by atoms with E-state index < -0.39 is 6.04 Å². The van der Waals surface area contributed by atoms with Gasteiger partial charge in [0.15, 0.2) is 0 Å². The van der Waals surface area contributed by atoms with Crippen LogP contribution in [0.15, 0.2) is 66.0 Å². The summed E-state index contributed by atoms with van der Waals surface area (Å²) in [6.45, 7) is -0.108. The van der Waals surface area contributed by atoms with Crippen molar-refractivity contribution in [3.8, 4) is 17.1 Å². The van der Waals surface area contributed by atoms with Crippen LogP contribution in [-0.4, -0.2) is 50.1 Å². The standard InChI is InChI=1S/C28H29FN6O3S/c1-38-23-14-10-20(11-15-23)27-31-33-35(32-27)18-25(36)34(17-19-8-12-21(29)13-9-19)26(24-7-4-16-39-24)28(37)30-22-5-2-3-6-22/h4,7-16,22,26H,2-3,5-6,17-18H2,1H3,(H,30,37)/t26-/m0/s1. The van der Waals surface area contributed by atoms with Gasteiger partial charge in [0.05, 0.1) is 7.11 Å². The van der Waals surface area contributed by atoms with Crippen LogP contribution in [0.25, 0.3) is 11.4 Å². The lowest BCUT2D eigenvalue weighted by Gasteiger charge is -2.31. The molecule has 1 aliphatic carbocycles. The summed E-state index contributed by atoms with van der Waals surface area (Å²) in [5, 5.41) is 17.6. The quantitative estimate of drug-likeness (QED) is 0.316. The van der Waals surface area contributed by atoms with E-state index in [2.05, 4.69) is 20.7 Å². The van der Waals surface area contributed by atoms with Gasteiger partial charge in [-0.3, -0.25) is 9.59 Å². The fourth-order valence-electron chi connectivity index (χ4n) is 4.71. The highest BCUT2D eigenvalue weighted by Gasteiger charge is 2.34. The van der Waals surface area contributed by atoms with Crippen LogP contribution in [0.5, 0.6) is 5.75 Å². The second-order valence-corrected chi connectivity index (χ2v) is 10.4. The highest BCUT2D eigenvalue weighted by molar-refractivity contribution is 7.10. The van der Waals surface area contributed by atoms with Gasteiger partial charge in [-0.05, 0) is 71.5 Å². The largest absolute Gasteiger partial charge is 0.497 e. The van der Waals surface area contributed by atoms with Crippen molar-refractivity contribution in [2.24, 2.45) is 0 Å². The maximum atomic E-state index is 13.8. The van der Waals surface area contributed by atoms with Crippen LogP contribution in [0.2, 0.25) is 0 Å². The molecule has 39 heavy (non-hydrogen) atoms. The first-order valence-electron chi connectivity index (χ1n) is 12.8. The number of hydrogen-bond donors (Lipinski definition) is 1. The maximum absolute atomic E-state index is 13.8. The summed E-state index contributed by atoms with van der Waals surface area (Å²) in [5.41, 5.74) is 1.43. The highest BCUT2D eigenvalue weighted by atomic mass is 32.1. The van der Waals surface area contributed by atoms with Crippen molar-refractivity contribution in [2.45, 2.75) is 50.9 Å². The number of rotatable bonds is 10. The minimum absolute atomic E-state index is 0.0896. The van der Waals surface area contributed by atoms with Crippen molar-refractivity contribution in [3.63, 3.8) is 0 Å². The number of hydrogen-bond acceptors (Lipinski definition) is 7. The van der Waals surface area contributed by atoms with E-state index in [1.54, 1.807) is 31.4 Å². The zero-order valence-electron chi connectivity index (χ0n) is 21.5.